The second-order valence-electron chi connectivity index (χ2n) is 8.30. The van der Waals surface area contributed by atoms with Crippen molar-refractivity contribution >= 4 is 40.3 Å². The third kappa shape index (κ3) is 4.51. The number of halogens is 2. The van der Waals surface area contributed by atoms with E-state index in [4.69, 9.17) is 16.0 Å². The highest BCUT2D eigenvalue weighted by Gasteiger charge is 2.26. The molecule has 0 radical (unpaired) electrons. The summed E-state index contributed by atoms with van der Waals surface area (Å²) in [5, 5.41) is 10.6. The van der Waals surface area contributed by atoms with Crippen molar-refractivity contribution in [3.8, 4) is 17.2 Å². The first-order chi connectivity index (χ1) is 17.4. The normalized spacial score (nSPS) is 14.2. The lowest BCUT2D eigenvalue weighted by molar-refractivity contribution is -0.126. The maximum absolute atomic E-state index is 14.4. The smallest absolute Gasteiger partial charge is 0.264 e. The zero-order chi connectivity index (χ0) is 25.2. The number of amides is 1. The fraction of sp³-hybridized carbons (Fsp3) is 0.192. The summed E-state index contributed by atoms with van der Waals surface area (Å²) in [7, 11) is 0. The van der Waals surface area contributed by atoms with Crippen molar-refractivity contribution in [1.29, 1.82) is 5.26 Å². The largest absolute Gasteiger partial charge is 0.445 e. The van der Waals surface area contributed by atoms with Crippen molar-refractivity contribution in [2.45, 2.75) is 6.92 Å². The van der Waals surface area contributed by atoms with Crippen molar-refractivity contribution in [2.75, 3.05) is 31.1 Å². The van der Waals surface area contributed by atoms with E-state index in [0.717, 1.165) is 5.39 Å². The zero-order valence-corrected chi connectivity index (χ0v) is 20.0. The molecule has 0 N–H and O–H groups in total. The molecular weight excluding hydrogens is 483 g/mol. The molecule has 0 spiro atoms. The molecule has 180 valence electrons. The summed E-state index contributed by atoms with van der Waals surface area (Å²) in [6.07, 6.45) is 4.28. The molecule has 36 heavy (non-hydrogen) atoms. The van der Waals surface area contributed by atoms with Crippen LogP contribution in [-0.2, 0) is 4.79 Å². The first-order valence-corrected chi connectivity index (χ1v) is 11.6. The molecule has 1 aliphatic heterocycles. The average molecular weight is 503 g/mol. The number of anilines is 1. The van der Waals surface area contributed by atoms with Crippen LogP contribution in [0.2, 0.25) is 5.02 Å². The number of oxazole rings is 1. The Labute approximate surface area is 211 Å². The number of piperazine rings is 1. The van der Waals surface area contributed by atoms with Crippen LogP contribution in [0.4, 0.5) is 10.2 Å². The van der Waals surface area contributed by atoms with E-state index < -0.39 is 0 Å². The van der Waals surface area contributed by atoms with Gasteiger partial charge in [-0.2, -0.15) is 5.26 Å². The lowest BCUT2D eigenvalue weighted by Gasteiger charge is -2.35. The summed E-state index contributed by atoms with van der Waals surface area (Å²) >= 11 is 6.56. The molecular formula is C26H20ClFN6O2. The summed E-state index contributed by atoms with van der Waals surface area (Å²) in [6, 6.07) is 11.9. The maximum Gasteiger partial charge on any atom is 0.264 e. The van der Waals surface area contributed by atoms with E-state index in [-0.39, 0.29) is 23.2 Å². The number of nitriles is 1. The minimum atomic E-state index is -0.377. The number of carbonyl (C=O) groups is 1. The number of benzene rings is 2. The molecule has 1 saturated heterocycles. The highest BCUT2D eigenvalue weighted by molar-refractivity contribution is 6.34. The number of hydrogen-bond donors (Lipinski definition) is 0. The van der Waals surface area contributed by atoms with Crippen LogP contribution >= 0.6 is 11.6 Å². The fourth-order valence-corrected chi connectivity index (χ4v) is 4.46. The second-order valence-corrected chi connectivity index (χ2v) is 8.71. The summed E-state index contributed by atoms with van der Waals surface area (Å²) in [5.74, 6) is 0.159. The lowest BCUT2D eigenvalue weighted by atomic mass is 10.0. The molecule has 0 saturated carbocycles. The van der Waals surface area contributed by atoms with Gasteiger partial charge < -0.3 is 14.2 Å². The van der Waals surface area contributed by atoms with E-state index in [1.807, 2.05) is 11.0 Å². The SMILES string of the molecule is Cc1coc(/C=C(/C#N)C(=O)N2CCN(c3ncnc4cc(-c5ccccc5F)c(Cl)cc34)CC2)n1. The van der Waals surface area contributed by atoms with Gasteiger partial charge in [-0.3, -0.25) is 4.79 Å². The number of aromatic nitrogens is 3. The molecule has 2 aromatic carbocycles. The summed E-state index contributed by atoms with van der Waals surface area (Å²) in [4.78, 5) is 29.5. The Hall–Kier alpha value is -4.29. The van der Waals surface area contributed by atoms with Gasteiger partial charge in [-0.25, -0.2) is 19.3 Å². The van der Waals surface area contributed by atoms with Crippen LogP contribution < -0.4 is 4.90 Å². The number of aryl methyl sites for hydroxylation is 1. The van der Waals surface area contributed by atoms with Crippen LogP contribution in [0, 0.1) is 24.1 Å². The van der Waals surface area contributed by atoms with E-state index >= 15 is 0 Å². The minimum Gasteiger partial charge on any atom is -0.445 e. The number of fused-ring (bicyclic) bond motifs is 1. The summed E-state index contributed by atoms with van der Waals surface area (Å²) in [5.41, 5.74) is 2.22. The molecule has 1 aliphatic rings. The van der Waals surface area contributed by atoms with Crippen molar-refractivity contribution in [3.63, 3.8) is 0 Å². The average Bonchev–Trinajstić information content (AvgIpc) is 3.31. The predicted octanol–water partition coefficient (Wildman–Crippen LogP) is 4.64. The first kappa shape index (κ1) is 23.5. The molecule has 1 amide bonds. The van der Waals surface area contributed by atoms with Gasteiger partial charge in [0, 0.05) is 53.8 Å². The molecule has 1 fully saturated rings. The molecule has 0 unspecified atom stereocenters. The predicted molar refractivity (Wildman–Crippen MR) is 134 cm³/mol. The van der Waals surface area contributed by atoms with Gasteiger partial charge in [0.25, 0.3) is 5.91 Å². The van der Waals surface area contributed by atoms with E-state index in [0.29, 0.717) is 59.4 Å². The zero-order valence-electron chi connectivity index (χ0n) is 19.3. The van der Waals surface area contributed by atoms with E-state index in [9.17, 15) is 14.4 Å². The molecule has 3 heterocycles. The molecule has 5 rings (SSSR count). The summed E-state index contributed by atoms with van der Waals surface area (Å²) < 4.78 is 19.6. The third-order valence-electron chi connectivity index (χ3n) is 5.99. The standard InChI is InChI=1S/C26H20ClFN6O2/c1-16-14-36-24(32-16)10-17(13-29)26(35)34-8-6-33(7-9-34)25-20-11-21(27)19(12-23(20)30-15-31-25)18-4-2-3-5-22(18)28/h2-5,10-12,14-15H,6-9H2,1H3/b17-10-. The quantitative estimate of drug-likeness (QED) is 0.296. The Morgan fingerprint density at radius 3 is 2.64 bits per heavy atom. The van der Waals surface area contributed by atoms with Crippen LogP contribution in [0.25, 0.3) is 28.1 Å². The van der Waals surface area contributed by atoms with Crippen molar-refractivity contribution in [2.24, 2.45) is 0 Å². The molecule has 10 heteroatoms. The minimum absolute atomic E-state index is 0.0368. The van der Waals surface area contributed by atoms with Crippen molar-refractivity contribution in [1.82, 2.24) is 19.9 Å². The van der Waals surface area contributed by atoms with E-state index in [1.165, 1.54) is 24.7 Å². The van der Waals surface area contributed by atoms with Crippen molar-refractivity contribution < 1.29 is 13.6 Å². The fourth-order valence-electron chi connectivity index (χ4n) is 4.20. The van der Waals surface area contributed by atoms with Crippen LogP contribution in [0.1, 0.15) is 11.6 Å². The van der Waals surface area contributed by atoms with Crippen LogP contribution in [0.15, 0.2) is 59.0 Å². The highest BCUT2D eigenvalue weighted by Crippen LogP contribution is 2.35. The van der Waals surface area contributed by atoms with Gasteiger partial charge in [-0.1, -0.05) is 29.8 Å². The van der Waals surface area contributed by atoms with Crippen molar-refractivity contribution in [3.05, 3.63) is 77.0 Å². The van der Waals surface area contributed by atoms with Crippen LogP contribution in [0.5, 0.6) is 0 Å². The molecule has 0 atom stereocenters. The third-order valence-corrected chi connectivity index (χ3v) is 6.30. The number of rotatable bonds is 4. The maximum atomic E-state index is 14.4. The lowest BCUT2D eigenvalue weighted by Crippen LogP contribution is -2.49. The van der Waals surface area contributed by atoms with Crippen LogP contribution in [-0.4, -0.2) is 51.9 Å². The molecule has 2 aromatic heterocycles. The number of hydrogen-bond acceptors (Lipinski definition) is 7. The monoisotopic (exact) mass is 502 g/mol. The second kappa shape index (κ2) is 9.76. The molecule has 4 aromatic rings. The Kier molecular flexibility index (Phi) is 6.36. The first-order valence-electron chi connectivity index (χ1n) is 11.2. The highest BCUT2D eigenvalue weighted by atomic mass is 35.5. The Morgan fingerprint density at radius 2 is 1.94 bits per heavy atom. The van der Waals surface area contributed by atoms with E-state index in [1.54, 1.807) is 42.2 Å². The number of nitrogens with zero attached hydrogens (tertiary/aromatic N) is 6. The van der Waals surface area contributed by atoms with Gasteiger partial charge in [0.15, 0.2) is 0 Å². The van der Waals surface area contributed by atoms with Gasteiger partial charge in [-0.15, -0.1) is 0 Å². The van der Waals surface area contributed by atoms with Gasteiger partial charge in [-0.05, 0) is 25.1 Å². The van der Waals surface area contributed by atoms with Gasteiger partial charge in [0.1, 0.15) is 35.9 Å². The number of carbonyl (C=O) groups excluding carboxylic acids is 1. The van der Waals surface area contributed by atoms with Gasteiger partial charge >= 0.3 is 0 Å². The van der Waals surface area contributed by atoms with Gasteiger partial charge in [0.05, 0.1) is 11.2 Å². The Morgan fingerprint density at radius 1 is 1.17 bits per heavy atom. The van der Waals surface area contributed by atoms with Crippen LogP contribution in [0.3, 0.4) is 0 Å². The Bertz CT molecular complexity index is 1540. The summed E-state index contributed by atoms with van der Waals surface area (Å²) in [6.45, 7) is 3.56. The molecule has 8 nitrogen and oxygen atoms in total. The van der Waals surface area contributed by atoms with E-state index in [2.05, 4.69) is 15.0 Å². The topological polar surface area (TPSA) is 99.2 Å². The molecule has 0 bridgehead atoms. The molecule has 0 aliphatic carbocycles. The van der Waals surface area contributed by atoms with Gasteiger partial charge in [0.2, 0.25) is 5.89 Å². The Balaban J connectivity index is 1.37.